The van der Waals surface area contributed by atoms with Gasteiger partial charge in [-0.25, -0.2) is 18.4 Å². The van der Waals surface area contributed by atoms with Gasteiger partial charge in [-0.3, -0.25) is 9.71 Å². The fourth-order valence-electron chi connectivity index (χ4n) is 3.38. The molecular formula is C21H17N5O2S2. The number of nitrogens with zero attached hydrogens (tertiary/aromatic N) is 3. The summed E-state index contributed by atoms with van der Waals surface area (Å²) >= 11 is 1.55. The van der Waals surface area contributed by atoms with Gasteiger partial charge < -0.3 is 5.32 Å². The second kappa shape index (κ2) is 7.19. The van der Waals surface area contributed by atoms with Crippen LogP contribution in [0.1, 0.15) is 11.1 Å². The van der Waals surface area contributed by atoms with E-state index >= 15 is 0 Å². The molecule has 4 aromatic rings. The van der Waals surface area contributed by atoms with Gasteiger partial charge in [0.05, 0.1) is 29.2 Å². The number of fused-ring (bicyclic) bond motifs is 2. The van der Waals surface area contributed by atoms with Crippen molar-refractivity contribution in [1.29, 1.82) is 0 Å². The Labute approximate surface area is 177 Å². The molecule has 0 spiro atoms. The van der Waals surface area contributed by atoms with Gasteiger partial charge in [-0.05, 0) is 41.0 Å². The summed E-state index contributed by atoms with van der Waals surface area (Å²) in [5.41, 5.74) is 6.37. The van der Waals surface area contributed by atoms with Crippen LogP contribution in [0, 0.1) is 0 Å². The molecule has 30 heavy (non-hydrogen) atoms. The standard InChI is InChI=1S/C21H17N5O2S2/c1-30(27,28)26-17-4-2-3-13(7-17)18-12-29-19-11-23-21(25-20(18)19)24-16-6-5-14-9-22-10-15(14)8-16/h2-9,11-12,26H,10H2,1H3,(H,23,24,25). The molecule has 5 rings (SSSR count). The molecule has 3 heterocycles. The second-order valence-corrected chi connectivity index (χ2v) is 9.68. The first-order valence-corrected chi connectivity index (χ1v) is 11.9. The van der Waals surface area contributed by atoms with Crippen LogP contribution in [-0.2, 0) is 16.6 Å². The van der Waals surface area contributed by atoms with Crippen molar-refractivity contribution in [1.82, 2.24) is 9.97 Å². The maximum absolute atomic E-state index is 11.6. The van der Waals surface area contributed by atoms with E-state index in [1.54, 1.807) is 29.7 Å². The zero-order valence-electron chi connectivity index (χ0n) is 16.0. The van der Waals surface area contributed by atoms with Crippen LogP contribution in [0.3, 0.4) is 0 Å². The van der Waals surface area contributed by atoms with Gasteiger partial charge in [0.2, 0.25) is 16.0 Å². The minimum Gasteiger partial charge on any atom is -0.324 e. The quantitative estimate of drug-likeness (QED) is 0.484. The van der Waals surface area contributed by atoms with Crippen molar-refractivity contribution in [2.24, 2.45) is 4.99 Å². The molecule has 0 atom stereocenters. The number of aromatic nitrogens is 2. The number of hydrogen-bond donors (Lipinski definition) is 2. The number of thiophene rings is 1. The van der Waals surface area contributed by atoms with Gasteiger partial charge in [0.15, 0.2) is 0 Å². The first kappa shape index (κ1) is 18.7. The summed E-state index contributed by atoms with van der Waals surface area (Å²) in [6.45, 7) is 0.692. The summed E-state index contributed by atoms with van der Waals surface area (Å²) in [5, 5.41) is 5.28. The third-order valence-corrected chi connectivity index (χ3v) is 6.19. The average molecular weight is 436 g/mol. The number of aliphatic imine (C=N–C) groups is 1. The van der Waals surface area contributed by atoms with E-state index in [0.717, 1.165) is 38.9 Å². The molecule has 0 radical (unpaired) electrons. The van der Waals surface area contributed by atoms with Gasteiger partial charge in [0, 0.05) is 28.5 Å². The Morgan fingerprint density at radius 3 is 2.87 bits per heavy atom. The van der Waals surface area contributed by atoms with E-state index in [1.807, 2.05) is 35.9 Å². The number of anilines is 3. The summed E-state index contributed by atoms with van der Waals surface area (Å²) in [6, 6.07) is 13.4. The highest BCUT2D eigenvalue weighted by Gasteiger charge is 2.12. The van der Waals surface area contributed by atoms with Crippen LogP contribution >= 0.6 is 11.3 Å². The number of hydrogen-bond acceptors (Lipinski definition) is 7. The van der Waals surface area contributed by atoms with Crippen molar-refractivity contribution in [3.8, 4) is 11.1 Å². The molecular weight excluding hydrogens is 418 g/mol. The zero-order chi connectivity index (χ0) is 20.7. The van der Waals surface area contributed by atoms with Gasteiger partial charge in [-0.15, -0.1) is 11.3 Å². The van der Waals surface area contributed by atoms with Crippen molar-refractivity contribution in [3.05, 3.63) is 65.2 Å². The SMILES string of the molecule is CS(=O)(=O)Nc1cccc(-c2csc3cnc(Nc4ccc5c(c4)CN=C5)nc23)c1. The van der Waals surface area contributed by atoms with Crippen LogP contribution in [0.2, 0.25) is 0 Å². The fraction of sp³-hybridized carbons (Fsp3) is 0.0952. The first-order valence-electron chi connectivity index (χ1n) is 9.17. The van der Waals surface area contributed by atoms with Crippen LogP contribution < -0.4 is 10.0 Å². The molecule has 1 aliphatic rings. The third kappa shape index (κ3) is 3.77. The van der Waals surface area contributed by atoms with Crippen LogP contribution in [-0.4, -0.2) is 30.9 Å². The highest BCUT2D eigenvalue weighted by Crippen LogP contribution is 2.34. The number of benzene rings is 2. The number of sulfonamides is 1. The van der Waals surface area contributed by atoms with Gasteiger partial charge in [-0.1, -0.05) is 18.2 Å². The van der Waals surface area contributed by atoms with Crippen LogP contribution in [0.4, 0.5) is 17.3 Å². The van der Waals surface area contributed by atoms with E-state index in [2.05, 4.69) is 26.1 Å². The minimum atomic E-state index is -3.34. The van der Waals surface area contributed by atoms with Crippen LogP contribution in [0.25, 0.3) is 21.3 Å². The monoisotopic (exact) mass is 435 g/mol. The van der Waals surface area contributed by atoms with Gasteiger partial charge >= 0.3 is 0 Å². The Bertz CT molecular complexity index is 1410. The molecule has 2 aromatic heterocycles. The van der Waals surface area contributed by atoms with E-state index in [0.29, 0.717) is 18.2 Å². The summed E-state index contributed by atoms with van der Waals surface area (Å²) in [7, 11) is -3.34. The topological polar surface area (TPSA) is 96.3 Å². The average Bonchev–Trinajstić information content (AvgIpc) is 3.33. The molecule has 1 aliphatic heterocycles. The molecule has 2 aromatic carbocycles. The normalized spacial score (nSPS) is 12.8. The number of rotatable bonds is 5. The predicted octanol–water partition coefficient (Wildman–Crippen LogP) is 4.41. The second-order valence-electron chi connectivity index (χ2n) is 7.02. The van der Waals surface area contributed by atoms with Crippen molar-refractivity contribution in [2.75, 3.05) is 16.3 Å². The van der Waals surface area contributed by atoms with E-state index in [4.69, 9.17) is 4.98 Å². The highest BCUT2D eigenvalue weighted by atomic mass is 32.2. The minimum absolute atomic E-state index is 0.506. The Morgan fingerprint density at radius 1 is 1.10 bits per heavy atom. The molecule has 150 valence electrons. The molecule has 0 saturated heterocycles. The van der Waals surface area contributed by atoms with Crippen LogP contribution in [0.15, 0.2) is 59.0 Å². The highest BCUT2D eigenvalue weighted by molar-refractivity contribution is 7.92. The Morgan fingerprint density at radius 2 is 2.00 bits per heavy atom. The summed E-state index contributed by atoms with van der Waals surface area (Å²) in [4.78, 5) is 13.4. The van der Waals surface area contributed by atoms with Crippen LogP contribution in [0.5, 0.6) is 0 Å². The summed E-state index contributed by atoms with van der Waals surface area (Å²) in [5.74, 6) is 0.506. The molecule has 0 fully saturated rings. The van der Waals surface area contributed by atoms with Crippen molar-refractivity contribution >= 4 is 55.1 Å². The molecule has 9 heteroatoms. The lowest BCUT2D eigenvalue weighted by molar-refractivity contribution is 0.607. The molecule has 0 amide bonds. The Hall–Kier alpha value is -3.30. The molecule has 0 aliphatic carbocycles. The third-order valence-electron chi connectivity index (χ3n) is 4.68. The lowest BCUT2D eigenvalue weighted by Crippen LogP contribution is -2.09. The smallest absolute Gasteiger partial charge is 0.229 e. The van der Waals surface area contributed by atoms with Gasteiger partial charge in [0.1, 0.15) is 0 Å². The predicted molar refractivity (Wildman–Crippen MR) is 122 cm³/mol. The largest absolute Gasteiger partial charge is 0.324 e. The lowest BCUT2D eigenvalue weighted by Gasteiger charge is -2.08. The van der Waals surface area contributed by atoms with E-state index in [-0.39, 0.29) is 0 Å². The molecule has 7 nitrogen and oxygen atoms in total. The molecule has 2 N–H and O–H groups in total. The van der Waals surface area contributed by atoms with Gasteiger partial charge in [0.25, 0.3) is 0 Å². The Balaban J connectivity index is 1.49. The van der Waals surface area contributed by atoms with E-state index < -0.39 is 10.0 Å². The molecule has 0 bridgehead atoms. The molecule has 0 saturated carbocycles. The number of nitrogens with one attached hydrogen (secondary N) is 2. The van der Waals surface area contributed by atoms with Crippen molar-refractivity contribution in [2.45, 2.75) is 6.54 Å². The first-order chi connectivity index (χ1) is 14.4. The van der Waals surface area contributed by atoms with Gasteiger partial charge in [-0.2, -0.15) is 0 Å². The van der Waals surface area contributed by atoms with Crippen molar-refractivity contribution < 1.29 is 8.42 Å². The lowest BCUT2D eigenvalue weighted by atomic mass is 10.1. The maximum Gasteiger partial charge on any atom is 0.229 e. The molecule has 0 unspecified atom stereocenters. The maximum atomic E-state index is 11.6. The Kier molecular flexibility index (Phi) is 4.48. The van der Waals surface area contributed by atoms with E-state index in [1.165, 1.54) is 5.56 Å². The van der Waals surface area contributed by atoms with E-state index in [9.17, 15) is 8.42 Å². The van der Waals surface area contributed by atoms with Crippen molar-refractivity contribution in [3.63, 3.8) is 0 Å². The summed E-state index contributed by atoms with van der Waals surface area (Å²) in [6.07, 6.45) is 4.82. The fourth-order valence-corrected chi connectivity index (χ4v) is 4.80. The zero-order valence-corrected chi connectivity index (χ0v) is 17.6. The summed E-state index contributed by atoms with van der Waals surface area (Å²) < 4.78 is 26.6.